The second-order valence-electron chi connectivity index (χ2n) is 4.69. The highest BCUT2D eigenvalue weighted by Crippen LogP contribution is 2.17. The minimum atomic E-state index is -0.395. The Labute approximate surface area is 141 Å². The zero-order chi connectivity index (χ0) is 15.4. The van der Waals surface area contributed by atoms with Crippen LogP contribution in [0.1, 0.15) is 21.7 Å². The van der Waals surface area contributed by atoms with Crippen molar-refractivity contribution >= 4 is 40.1 Å². The van der Waals surface area contributed by atoms with Crippen molar-refractivity contribution < 1.29 is 9.90 Å². The lowest BCUT2D eigenvalue weighted by atomic mass is 10.1. The summed E-state index contributed by atoms with van der Waals surface area (Å²) in [6.07, 6.45) is 0.542. The van der Waals surface area contributed by atoms with E-state index in [4.69, 9.17) is 11.6 Å². The van der Waals surface area contributed by atoms with Crippen molar-refractivity contribution in [2.75, 3.05) is 6.61 Å². The Morgan fingerprint density at radius 3 is 2.67 bits per heavy atom. The summed E-state index contributed by atoms with van der Waals surface area (Å²) in [6, 6.07) is 7.54. The fourth-order valence-electron chi connectivity index (χ4n) is 1.89. The van der Waals surface area contributed by atoms with Gasteiger partial charge in [-0.05, 0) is 53.6 Å². The quantitative estimate of drug-likeness (QED) is 0.651. The largest absolute Gasteiger partial charge is 0.394 e. The van der Waals surface area contributed by atoms with E-state index in [0.29, 0.717) is 17.1 Å². The number of nitrogens with zero attached hydrogens (tertiary/aromatic N) is 1. The van der Waals surface area contributed by atoms with Gasteiger partial charge in [-0.1, -0.05) is 23.7 Å². The first-order chi connectivity index (χ1) is 10.0. The molecule has 0 fully saturated rings. The van der Waals surface area contributed by atoms with Crippen LogP contribution in [0.5, 0.6) is 0 Å². The number of aliphatic hydroxyl groups excluding tert-OH is 1. The van der Waals surface area contributed by atoms with Gasteiger partial charge in [0.15, 0.2) is 5.69 Å². The van der Waals surface area contributed by atoms with Crippen molar-refractivity contribution in [3.8, 4) is 0 Å². The first-order valence-corrected chi connectivity index (χ1v) is 7.83. The van der Waals surface area contributed by atoms with Crippen LogP contribution in [0.4, 0.5) is 0 Å². The number of aliphatic hydroxyl groups is 1. The minimum absolute atomic E-state index is 0.148. The van der Waals surface area contributed by atoms with E-state index >= 15 is 0 Å². The molecule has 1 heterocycles. The minimum Gasteiger partial charge on any atom is -0.394 e. The molecule has 0 spiro atoms. The summed E-state index contributed by atoms with van der Waals surface area (Å²) in [4.78, 5) is 12.1. The number of rotatable bonds is 5. The molecule has 3 N–H and O–H groups in total. The molecule has 0 aliphatic heterocycles. The maximum Gasteiger partial charge on any atom is 0.273 e. The van der Waals surface area contributed by atoms with Crippen LogP contribution in [0.15, 0.2) is 24.3 Å². The molecule has 0 aliphatic rings. The Morgan fingerprint density at radius 1 is 1.48 bits per heavy atom. The standard InChI is InChI=1S/C14H15ClIN3O2/c1-8-12(15)13(19-18-8)14(21)17-11(7-20)6-9-2-4-10(16)5-3-9/h2-5,11,20H,6-7H2,1H3,(H,17,21)(H,18,19). The van der Waals surface area contributed by atoms with Crippen LogP contribution in [-0.4, -0.2) is 33.9 Å². The number of benzene rings is 1. The smallest absolute Gasteiger partial charge is 0.273 e. The third kappa shape index (κ3) is 4.18. The Balaban J connectivity index is 2.03. The van der Waals surface area contributed by atoms with Crippen molar-refractivity contribution in [1.82, 2.24) is 15.5 Å². The van der Waals surface area contributed by atoms with E-state index < -0.39 is 5.91 Å². The fraction of sp³-hybridized carbons (Fsp3) is 0.286. The number of amides is 1. The molecule has 5 nitrogen and oxygen atoms in total. The average Bonchev–Trinajstić information content (AvgIpc) is 2.80. The zero-order valence-corrected chi connectivity index (χ0v) is 14.3. The van der Waals surface area contributed by atoms with Gasteiger partial charge in [0.2, 0.25) is 0 Å². The van der Waals surface area contributed by atoms with Gasteiger partial charge in [0, 0.05) is 3.57 Å². The summed E-state index contributed by atoms with van der Waals surface area (Å²) in [5.41, 5.74) is 1.83. The van der Waals surface area contributed by atoms with Gasteiger partial charge in [-0.3, -0.25) is 9.89 Å². The SMILES string of the molecule is Cc1[nH]nc(C(=O)NC(CO)Cc2ccc(I)cc2)c1Cl. The average molecular weight is 420 g/mol. The predicted molar refractivity (Wildman–Crippen MR) is 89.5 cm³/mol. The van der Waals surface area contributed by atoms with Crippen LogP contribution in [0.25, 0.3) is 0 Å². The number of carbonyl (C=O) groups excluding carboxylic acids is 1. The van der Waals surface area contributed by atoms with Crippen LogP contribution in [0, 0.1) is 10.5 Å². The number of H-pyrrole nitrogens is 1. The first-order valence-electron chi connectivity index (χ1n) is 6.38. The highest BCUT2D eigenvalue weighted by molar-refractivity contribution is 14.1. The number of aromatic amines is 1. The molecule has 1 atom stereocenters. The third-order valence-electron chi connectivity index (χ3n) is 3.04. The number of halogens is 2. The van der Waals surface area contributed by atoms with Crippen LogP contribution >= 0.6 is 34.2 Å². The first kappa shape index (κ1) is 16.3. The van der Waals surface area contributed by atoms with Gasteiger partial charge in [0.1, 0.15) is 0 Å². The van der Waals surface area contributed by atoms with E-state index in [1.54, 1.807) is 6.92 Å². The van der Waals surface area contributed by atoms with Crippen molar-refractivity contribution in [2.24, 2.45) is 0 Å². The Hall–Kier alpha value is -1.12. The zero-order valence-electron chi connectivity index (χ0n) is 11.4. The van der Waals surface area contributed by atoms with Crippen molar-refractivity contribution in [3.63, 3.8) is 0 Å². The summed E-state index contributed by atoms with van der Waals surface area (Å²) in [5, 5.41) is 19.0. The highest BCUT2D eigenvalue weighted by atomic mass is 127. The molecule has 1 aromatic carbocycles. The fourth-order valence-corrected chi connectivity index (χ4v) is 2.42. The molecule has 1 aromatic heterocycles. The van der Waals surface area contributed by atoms with E-state index in [2.05, 4.69) is 38.1 Å². The van der Waals surface area contributed by atoms with E-state index in [0.717, 1.165) is 9.13 Å². The Morgan fingerprint density at radius 2 is 2.14 bits per heavy atom. The summed E-state index contributed by atoms with van der Waals surface area (Å²) >= 11 is 8.22. The number of hydrogen-bond donors (Lipinski definition) is 3. The van der Waals surface area contributed by atoms with Gasteiger partial charge in [0.05, 0.1) is 23.4 Å². The molecular weight excluding hydrogens is 405 g/mol. The molecule has 0 radical (unpaired) electrons. The van der Waals surface area contributed by atoms with Crippen LogP contribution < -0.4 is 5.32 Å². The summed E-state index contributed by atoms with van der Waals surface area (Å²) in [7, 11) is 0. The summed E-state index contributed by atoms with van der Waals surface area (Å²) in [6.45, 7) is 1.58. The molecule has 112 valence electrons. The van der Waals surface area contributed by atoms with Crippen LogP contribution in [-0.2, 0) is 6.42 Å². The number of nitrogens with one attached hydrogen (secondary N) is 2. The maximum absolute atomic E-state index is 12.1. The molecule has 2 aromatic rings. The molecule has 0 aliphatic carbocycles. The number of aromatic nitrogens is 2. The van der Waals surface area contributed by atoms with E-state index in [-0.39, 0.29) is 18.3 Å². The number of hydrogen-bond acceptors (Lipinski definition) is 3. The lowest BCUT2D eigenvalue weighted by Gasteiger charge is -2.15. The molecule has 1 amide bonds. The van der Waals surface area contributed by atoms with Crippen molar-refractivity contribution in [1.29, 1.82) is 0 Å². The van der Waals surface area contributed by atoms with Gasteiger partial charge in [-0.2, -0.15) is 5.10 Å². The summed E-state index contributed by atoms with van der Waals surface area (Å²) < 4.78 is 1.14. The monoisotopic (exact) mass is 419 g/mol. The second-order valence-corrected chi connectivity index (χ2v) is 6.32. The molecule has 1 unspecified atom stereocenters. The molecule has 2 rings (SSSR count). The van der Waals surface area contributed by atoms with Gasteiger partial charge in [-0.25, -0.2) is 0 Å². The van der Waals surface area contributed by atoms with E-state index in [1.807, 2.05) is 24.3 Å². The molecule has 0 bridgehead atoms. The van der Waals surface area contributed by atoms with E-state index in [1.165, 1.54) is 0 Å². The Kier molecular flexibility index (Phi) is 5.60. The number of aryl methyl sites for hydroxylation is 1. The van der Waals surface area contributed by atoms with Crippen molar-refractivity contribution in [3.05, 3.63) is 49.8 Å². The predicted octanol–water partition coefficient (Wildman–Crippen LogP) is 2.31. The van der Waals surface area contributed by atoms with Gasteiger partial charge >= 0.3 is 0 Å². The van der Waals surface area contributed by atoms with E-state index in [9.17, 15) is 9.90 Å². The summed E-state index contributed by atoms with van der Waals surface area (Å²) in [5.74, 6) is -0.395. The van der Waals surface area contributed by atoms with Crippen molar-refractivity contribution in [2.45, 2.75) is 19.4 Å². The topological polar surface area (TPSA) is 78.0 Å². The van der Waals surface area contributed by atoms with Crippen LogP contribution in [0.3, 0.4) is 0 Å². The van der Waals surface area contributed by atoms with Gasteiger partial charge in [0.25, 0.3) is 5.91 Å². The number of carbonyl (C=O) groups is 1. The molecule has 0 saturated carbocycles. The molecule has 0 saturated heterocycles. The normalized spacial score (nSPS) is 12.2. The maximum atomic E-state index is 12.1. The second kappa shape index (κ2) is 7.24. The highest BCUT2D eigenvalue weighted by Gasteiger charge is 2.19. The van der Waals surface area contributed by atoms with Gasteiger partial charge < -0.3 is 10.4 Å². The lowest BCUT2D eigenvalue weighted by molar-refractivity contribution is 0.0911. The lowest BCUT2D eigenvalue weighted by Crippen LogP contribution is -2.39. The molecule has 7 heteroatoms. The van der Waals surface area contributed by atoms with Gasteiger partial charge in [-0.15, -0.1) is 0 Å². The molecular formula is C14H15ClIN3O2. The molecule has 21 heavy (non-hydrogen) atoms. The third-order valence-corrected chi connectivity index (χ3v) is 4.22. The Bertz CT molecular complexity index is 628. The van der Waals surface area contributed by atoms with Crippen LogP contribution in [0.2, 0.25) is 5.02 Å².